The van der Waals surface area contributed by atoms with Crippen molar-refractivity contribution >= 4 is 5.57 Å². The molecule has 0 saturated heterocycles. The van der Waals surface area contributed by atoms with Crippen LogP contribution in [0.5, 0.6) is 0 Å². The van der Waals surface area contributed by atoms with Crippen molar-refractivity contribution < 1.29 is 5.11 Å². The summed E-state index contributed by atoms with van der Waals surface area (Å²) in [5, 5.41) is 14.3. The van der Waals surface area contributed by atoms with E-state index >= 15 is 0 Å². The summed E-state index contributed by atoms with van der Waals surface area (Å²) in [5.74, 6) is 0. The lowest BCUT2D eigenvalue weighted by Crippen LogP contribution is -2.36. The summed E-state index contributed by atoms with van der Waals surface area (Å²) in [7, 11) is 0. The van der Waals surface area contributed by atoms with Crippen LogP contribution in [-0.4, -0.2) is 17.7 Å². The molecule has 0 aromatic heterocycles. The van der Waals surface area contributed by atoms with Crippen LogP contribution in [0.25, 0.3) is 5.57 Å². The molecule has 2 aromatic carbocycles. The zero-order valence-electron chi connectivity index (χ0n) is 13.2. The van der Waals surface area contributed by atoms with Crippen LogP contribution in [0.3, 0.4) is 0 Å². The minimum Gasteiger partial charge on any atom is -0.386 e. The molecular weight excluding hydrogens is 270 g/mol. The lowest BCUT2D eigenvalue weighted by molar-refractivity contribution is 0.151. The molecule has 0 fully saturated rings. The average Bonchev–Trinajstić information content (AvgIpc) is 2.59. The van der Waals surface area contributed by atoms with Gasteiger partial charge in [0.25, 0.3) is 0 Å². The Hall–Kier alpha value is -1.90. The van der Waals surface area contributed by atoms with Crippen LogP contribution in [0.1, 0.15) is 37.0 Å². The van der Waals surface area contributed by atoms with Crippen LogP contribution in [-0.2, 0) is 0 Å². The van der Waals surface area contributed by atoms with Crippen LogP contribution in [0.4, 0.5) is 0 Å². The fraction of sp³-hybridized carbons (Fsp3) is 0.300. The summed E-state index contributed by atoms with van der Waals surface area (Å²) in [6.45, 7) is 7.26. The topological polar surface area (TPSA) is 32.3 Å². The van der Waals surface area contributed by atoms with Crippen LogP contribution < -0.4 is 5.32 Å². The van der Waals surface area contributed by atoms with Gasteiger partial charge in [0.2, 0.25) is 0 Å². The predicted molar refractivity (Wildman–Crippen MR) is 93.6 cm³/mol. The van der Waals surface area contributed by atoms with Crippen LogP contribution in [0, 0.1) is 0 Å². The third kappa shape index (κ3) is 4.30. The molecule has 0 aliphatic rings. The molecule has 2 heteroatoms. The van der Waals surface area contributed by atoms with Crippen molar-refractivity contribution in [2.45, 2.75) is 31.9 Å². The monoisotopic (exact) mass is 295 g/mol. The van der Waals surface area contributed by atoms with E-state index in [1.54, 1.807) is 0 Å². The summed E-state index contributed by atoms with van der Waals surface area (Å²) in [5.41, 5.74) is 2.90. The molecule has 2 atom stereocenters. The lowest BCUT2D eigenvalue weighted by Gasteiger charge is -2.27. The van der Waals surface area contributed by atoms with Gasteiger partial charge in [-0.05, 0) is 29.7 Å². The maximum absolute atomic E-state index is 10.8. The number of rotatable bonds is 8. The first kappa shape index (κ1) is 16.5. The summed E-state index contributed by atoms with van der Waals surface area (Å²) in [6, 6.07) is 19.6. The molecule has 22 heavy (non-hydrogen) atoms. The fourth-order valence-corrected chi connectivity index (χ4v) is 2.53. The molecular formula is C20H25NO. The Kier molecular flexibility index (Phi) is 6.38. The third-order valence-electron chi connectivity index (χ3n) is 3.87. The summed E-state index contributed by atoms with van der Waals surface area (Å²) in [4.78, 5) is 0. The van der Waals surface area contributed by atoms with Crippen molar-refractivity contribution in [2.75, 3.05) is 6.54 Å². The Morgan fingerprint density at radius 2 is 1.64 bits per heavy atom. The van der Waals surface area contributed by atoms with Gasteiger partial charge in [0, 0.05) is 0 Å². The average molecular weight is 295 g/mol. The van der Waals surface area contributed by atoms with Gasteiger partial charge in [0.15, 0.2) is 0 Å². The second-order valence-corrected chi connectivity index (χ2v) is 5.53. The van der Waals surface area contributed by atoms with E-state index in [-0.39, 0.29) is 6.04 Å². The molecule has 0 saturated carbocycles. The fourth-order valence-electron chi connectivity index (χ4n) is 2.53. The van der Waals surface area contributed by atoms with E-state index in [0.717, 1.165) is 36.1 Å². The highest BCUT2D eigenvalue weighted by atomic mass is 16.3. The minimum absolute atomic E-state index is 0.184. The number of aliphatic hydroxyl groups is 1. The number of nitrogens with one attached hydrogen (secondary N) is 1. The largest absolute Gasteiger partial charge is 0.386 e. The van der Waals surface area contributed by atoms with Crippen molar-refractivity contribution in [1.82, 2.24) is 5.32 Å². The van der Waals surface area contributed by atoms with E-state index in [9.17, 15) is 5.11 Å². The van der Waals surface area contributed by atoms with Crippen molar-refractivity contribution in [3.8, 4) is 0 Å². The van der Waals surface area contributed by atoms with E-state index in [4.69, 9.17) is 0 Å². The first-order valence-electron chi connectivity index (χ1n) is 7.94. The number of hydrogen-bond donors (Lipinski definition) is 2. The van der Waals surface area contributed by atoms with E-state index in [1.807, 2.05) is 60.7 Å². The molecule has 0 amide bonds. The molecule has 116 valence electrons. The third-order valence-corrected chi connectivity index (χ3v) is 3.87. The van der Waals surface area contributed by atoms with Gasteiger partial charge in [-0.15, -0.1) is 0 Å². The zero-order chi connectivity index (χ0) is 15.8. The first-order chi connectivity index (χ1) is 10.7. The Morgan fingerprint density at radius 1 is 1.05 bits per heavy atom. The van der Waals surface area contributed by atoms with Crippen LogP contribution in [0.15, 0.2) is 67.2 Å². The van der Waals surface area contributed by atoms with Crippen molar-refractivity contribution in [2.24, 2.45) is 0 Å². The van der Waals surface area contributed by atoms with Crippen LogP contribution >= 0.6 is 0 Å². The molecule has 0 unspecified atom stereocenters. The van der Waals surface area contributed by atoms with E-state index in [2.05, 4.69) is 18.8 Å². The van der Waals surface area contributed by atoms with Gasteiger partial charge in [0.1, 0.15) is 0 Å². The number of hydrogen-bond acceptors (Lipinski definition) is 2. The summed E-state index contributed by atoms with van der Waals surface area (Å²) in [6.07, 6.45) is 1.60. The second kappa shape index (κ2) is 8.52. The Bertz CT molecular complexity index is 565. The van der Waals surface area contributed by atoms with Gasteiger partial charge in [-0.3, -0.25) is 0 Å². The van der Waals surface area contributed by atoms with Crippen molar-refractivity contribution in [3.63, 3.8) is 0 Å². The molecule has 0 bridgehead atoms. The molecule has 2 aromatic rings. The maximum atomic E-state index is 10.8. The van der Waals surface area contributed by atoms with E-state index in [1.165, 1.54) is 0 Å². The number of benzene rings is 2. The SMILES string of the molecule is C=C(c1ccccc1)[C@@H](NCCCC)[C@@H](O)c1ccccc1. The first-order valence-corrected chi connectivity index (χ1v) is 7.94. The van der Waals surface area contributed by atoms with Gasteiger partial charge >= 0.3 is 0 Å². The molecule has 0 heterocycles. The molecule has 2 N–H and O–H groups in total. The Morgan fingerprint density at radius 3 is 2.23 bits per heavy atom. The van der Waals surface area contributed by atoms with E-state index < -0.39 is 6.10 Å². The standard InChI is InChI=1S/C20H25NO/c1-3-4-15-21-19(16(2)17-11-7-5-8-12-17)20(22)18-13-9-6-10-14-18/h5-14,19-22H,2-4,15H2,1H3/t19-,20+/m1/s1. The second-order valence-electron chi connectivity index (χ2n) is 5.53. The zero-order valence-corrected chi connectivity index (χ0v) is 13.2. The highest BCUT2D eigenvalue weighted by molar-refractivity contribution is 5.68. The van der Waals surface area contributed by atoms with Gasteiger partial charge in [-0.2, -0.15) is 0 Å². The highest BCUT2D eigenvalue weighted by Gasteiger charge is 2.23. The number of aliphatic hydroxyl groups excluding tert-OH is 1. The van der Waals surface area contributed by atoms with Gasteiger partial charge in [-0.25, -0.2) is 0 Å². The lowest BCUT2D eigenvalue weighted by atomic mass is 9.92. The maximum Gasteiger partial charge on any atom is 0.0984 e. The highest BCUT2D eigenvalue weighted by Crippen LogP contribution is 2.26. The number of unbranched alkanes of at least 4 members (excludes halogenated alkanes) is 1. The molecule has 2 rings (SSSR count). The van der Waals surface area contributed by atoms with E-state index in [0.29, 0.717) is 0 Å². The van der Waals surface area contributed by atoms with Gasteiger partial charge < -0.3 is 10.4 Å². The minimum atomic E-state index is -0.606. The summed E-state index contributed by atoms with van der Waals surface area (Å²) >= 11 is 0. The quantitative estimate of drug-likeness (QED) is 0.716. The Balaban J connectivity index is 2.20. The molecule has 0 aliphatic heterocycles. The molecule has 0 aliphatic carbocycles. The Labute approximate surface area is 133 Å². The van der Waals surface area contributed by atoms with Crippen molar-refractivity contribution in [3.05, 3.63) is 78.4 Å². The van der Waals surface area contributed by atoms with Gasteiger partial charge in [-0.1, -0.05) is 80.6 Å². The predicted octanol–water partition coefficient (Wildman–Crippen LogP) is 4.19. The molecule has 0 spiro atoms. The smallest absolute Gasteiger partial charge is 0.0984 e. The normalized spacial score (nSPS) is 13.5. The molecule has 0 radical (unpaired) electrons. The van der Waals surface area contributed by atoms with Crippen LogP contribution in [0.2, 0.25) is 0 Å². The van der Waals surface area contributed by atoms with Crippen molar-refractivity contribution in [1.29, 1.82) is 0 Å². The van der Waals surface area contributed by atoms with Gasteiger partial charge in [0.05, 0.1) is 12.1 Å². The summed E-state index contributed by atoms with van der Waals surface area (Å²) < 4.78 is 0. The molecule has 2 nitrogen and oxygen atoms in total.